The fourth-order valence-corrected chi connectivity index (χ4v) is 1.57. The van der Waals surface area contributed by atoms with Crippen molar-refractivity contribution >= 4 is 30.1 Å². The first-order valence-electron chi connectivity index (χ1n) is 2.87. The van der Waals surface area contributed by atoms with Gasteiger partial charge in [0.15, 0.2) is 0 Å². The van der Waals surface area contributed by atoms with Crippen molar-refractivity contribution < 1.29 is 13.9 Å². The summed E-state index contributed by atoms with van der Waals surface area (Å²) in [6, 6.07) is 0. The molecule has 0 aromatic heterocycles. The number of halogens is 3. The summed E-state index contributed by atoms with van der Waals surface area (Å²) in [7, 11) is 1.18. The Kier molecular flexibility index (Phi) is 2.67. The average molecular weight is 290 g/mol. The molecule has 1 aliphatic carbocycles. The maximum Gasteiger partial charge on any atom is 0.255 e. The summed E-state index contributed by atoms with van der Waals surface area (Å²) in [5, 5.41) is 11.7. The van der Waals surface area contributed by atoms with E-state index in [0.29, 0.717) is 0 Å². The monoisotopic (exact) mass is 290 g/mol. The van der Waals surface area contributed by atoms with Crippen LogP contribution in [0.1, 0.15) is 12.8 Å². The second-order valence-corrected chi connectivity index (χ2v) is 4.22. The highest BCUT2D eigenvalue weighted by molar-refractivity contribution is 14.2. The smallest absolute Gasteiger partial charge is 0.255 e. The van der Waals surface area contributed by atoms with E-state index in [1.165, 1.54) is 8.93 Å². The topological polar surface area (TPSA) is 20.2 Å². The number of hydrogen-bond acceptors (Lipinski definition) is 2. The van der Waals surface area contributed by atoms with Gasteiger partial charge in [-0.25, -0.2) is 8.78 Å². The summed E-state index contributed by atoms with van der Waals surface area (Å²) in [6.07, 6.45) is -1.05. The van der Waals surface area contributed by atoms with Crippen LogP contribution in [0, 0.1) is 11.2 Å². The van der Waals surface area contributed by atoms with Gasteiger partial charge in [-0.1, -0.05) is 5.92 Å². The molecule has 0 aromatic carbocycles. The summed E-state index contributed by atoms with van der Waals surface area (Å²) in [4.78, 5) is 0. The van der Waals surface area contributed by atoms with E-state index in [4.69, 9.17) is 0 Å². The quantitative estimate of drug-likeness (QED) is 0.545. The van der Waals surface area contributed by atoms with Gasteiger partial charge in [-0.3, -0.25) is 0 Å². The van der Waals surface area contributed by atoms with Crippen LogP contribution in [0.4, 0.5) is 8.78 Å². The molecular formula is C6H5F2IOS. The first-order chi connectivity index (χ1) is 4.97. The molecule has 1 N–H and O–H groups in total. The summed E-state index contributed by atoms with van der Waals surface area (Å²) < 4.78 is 24.4. The van der Waals surface area contributed by atoms with E-state index in [0.717, 1.165) is 0 Å². The van der Waals surface area contributed by atoms with Gasteiger partial charge in [0.2, 0.25) is 0 Å². The summed E-state index contributed by atoms with van der Waals surface area (Å²) in [5.74, 6) is -0.327. The van der Waals surface area contributed by atoms with Gasteiger partial charge in [-0.05, 0) is 14.2 Å². The number of hydrogen-bond donors (Lipinski definition) is 1. The SMILES string of the molecule is OC1(C#CSI)CC(F)(F)C1. The molecule has 0 unspecified atom stereocenters. The van der Waals surface area contributed by atoms with Crippen molar-refractivity contribution in [1.29, 1.82) is 0 Å². The minimum atomic E-state index is -2.71. The molecule has 0 bridgehead atoms. The molecule has 1 fully saturated rings. The molecule has 1 aliphatic rings. The van der Waals surface area contributed by atoms with Gasteiger partial charge >= 0.3 is 0 Å². The lowest BCUT2D eigenvalue weighted by Crippen LogP contribution is -2.50. The van der Waals surface area contributed by atoms with Crippen LogP contribution < -0.4 is 0 Å². The van der Waals surface area contributed by atoms with Crippen molar-refractivity contribution in [2.45, 2.75) is 24.4 Å². The Hall–Kier alpha value is 0.460. The Morgan fingerprint density at radius 2 is 2.00 bits per heavy atom. The minimum Gasteiger partial charge on any atom is -0.377 e. The molecular weight excluding hydrogens is 285 g/mol. The molecule has 0 radical (unpaired) electrons. The lowest BCUT2D eigenvalue weighted by Gasteiger charge is -2.39. The van der Waals surface area contributed by atoms with Crippen LogP contribution in [-0.4, -0.2) is 16.6 Å². The van der Waals surface area contributed by atoms with Gasteiger partial charge in [-0.2, -0.15) is 0 Å². The van der Waals surface area contributed by atoms with E-state index in [2.05, 4.69) is 11.2 Å². The summed E-state index contributed by atoms with van der Waals surface area (Å²) >= 11 is 1.92. The highest BCUT2D eigenvalue weighted by Crippen LogP contribution is 2.45. The van der Waals surface area contributed by atoms with E-state index in [1.54, 1.807) is 0 Å². The van der Waals surface area contributed by atoms with Crippen molar-refractivity contribution in [3.05, 3.63) is 0 Å². The van der Waals surface area contributed by atoms with Crippen LogP contribution in [0.15, 0.2) is 0 Å². The van der Waals surface area contributed by atoms with E-state index >= 15 is 0 Å². The second-order valence-electron chi connectivity index (χ2n) is 2.55. The average Bonchev–Trinajstić information content (AvgIpc) is 1.79. The van der Waals surface area contributed by atoms with Crippen molar-refractivity contribution in [2.24, 2.45) is 0 Å². The van der Waals surface area contributed by atoms with Crippen molar-refractivity contribution in [3.8, 4) is 11.2 Å². The third-order valence-corrected chi connectivity index (χ3v) is 2.26. The molecule has 1 rings (SSSR count). The van der Waals surface area contributed by atoms with Crippen LogP contribution in [-0.2, 0) is 0 Å². The van der Waals surface area contributed by atoms with Gasteiger partial charge < -0.3 is 5.11 Å². The fourth-order valence-electron chi connectivity index (χ4n) is 1.01. The van der Waals surface area contributed by atoms with E-state index < -0.39 is 24.4 Å². The van der Waals surface area contributed by atoms with Gasteiger partial charge in [0, 0.05) is 21.2 Å². The molecule has 62 valence electrons. The molecule has 0 aliphatic heterocycles. The predicted octanol–water partition coefficient (Wildman–Crippen LogP) is 2.19. The van der Waals surface area contributed by atoms with E-state index in [-0.39, 0.29) is 0 Å². The van der Waals surface area contributed by atoms with E-state index in [1.807, 2.05) is 21.2 Å². The van der Waals surface area contributed by atoms with Gasteiger partial charge in [0.25, 0.3) is 5.92 Å². The summed E-state index contributed by atoms with van der Waals surface area (Å²) in [6.45, 7) is 0. The Balaban J connectivity index is 2.49. The van der Waals surface area contributed by atoms with Crippen molar-refractivity contribution in [1.82, 2.24) is 0 Å². The maximum absolute atomic E-state index is 12.2. The van der Waals surface area contributed by atoms with Gasteiger partial charge in [0.1, 0.15) is 5.60 Å². The van der Waals surface area contributed by atoms with E-state index in [9.17, 15) is 13.9 Å². The lowest BCUT2D eigenvalue weighted by atomic mass is 9.77. The predicted molar refractivity (Wildman–Crippen MR) is 48.5 cm³/mol. The van der Waals surface area contributed by atoms with Crippen LogP contribution in [0.2, 0.25) is 0 Å². The number of rotatable bonds is 0. The zero-order valence-electron chi connectivity index (χ0n) is 5.40. The normalized spacial score (nSPS) is 24.7. The molecule has 1 nitrogen and oxygen atoms in total. The first-order valence-corrected chi connectivity index (χ1v) is 6.23. The summed E-state index contributed by atoms with van der Waals surface area (Å²) in [5.41, 5.74) is -1.43. The minimum absolute atomic E-state index is 0.524. The van der Waals surface area contributed by atoms with Crippen LogP contribution in [0.5, 0.6) is 0 Å². The van der Waals surface area contributed by atoms with Crippen LogP contribution in [0.3, 0.4) is 0 Å². The van der Waals surface area contributed by atoms with Crippen LogP contribution >= 0.6 is 30.1 Å². The lowest BCUT2D eigenvalue weighted by molar-refractivity contribution is -0.176. The molecule has 11 heavy (non-hydrogen) atoms. The Morgan fingerprint density at radius 1 is 1.45 bits per heavy atom. The van der Waals surface area contributed by atoms with Gasteiger partial charge in [0.05, 0.1) is 12.8 Å². The molecule has 0 atom stereocenters. The standard InChI is InChI=1S/C6H5F2IOS/c7-6(8)3-5(10,4-6)1-2-11-9/h10H,3-4H2. The first kappa shape index (κ1) is 9.55. The number of aliphatic hydroxyl groups is 1. The molecule has 5 heteroatoms. The molecule has 0 spiro atoms. The maximum atomic E-state index is 12.2. The molecule has 1 saturated carbocycles. The van der Waals surface area contributed by atoms with Crippen molar-refractivity contribution in [3.63, 3.8) is 0 Å². The number of alkyl halides is 2. The fraction of sp³-hybridized carbons (Fsp3) is 0.667. The van der Waals surface area contributed by atoms with Crippen molar-refractivity contribution in [2.75, 3.05) is 0 Å². The highest BCUT2D eigenvalue weighted by atomic mass is 127. The Bertz CT molecular complexity index is 212. The molecule has 0 aromatic rings. The molecule has 0 amide bonds. The third kappa shape index (κ3) is 2.46. The third-order valence-electron chi connectivity index (χ3n) is 1.42. The Morgan fingerprint density at radius 3 is 2.36 bits per heavy atom. The second kappa shape index (κ2) is 3.07. The zero-order chi connectivity index (χ0) is 8.54. The largest absolute Gasteiger partial charge is 0.377 e. The zero-order valence-corrected chi connectivity index (χ0v) is 8.38. The van der Waals surface area contributed by atoms with Gasteiger partial charge in [-0.15, -0.1) is 0 Å². The van der Waals surface area contributed by atoms with Crippen LogP contribution in [0.25, 0.3) is 0 Å². The Labute approximate surface area is 79.5 Å². The molecule has 0 heterocycles. The molecule has 0 saturated heterocycles. The highest BCUT2D eigenvalue weighted by Gasteiger charge is 2.55.